The number of carbonyl (C=O) groups is 1. The molecule has 22 heavy (non-hydrogen) atoms. The second-order valence-electron chi connectivity index (χ2n) is 4.54. The third-order valence-electron chi connectivity index (χ3n) is 2.88. The van der Waals surface area contributed by atoms with E-state index in [2.05, 4.69) is 19.6 Å². The molecule has 0 radical (unpaired) electrons. The van der Waals surface area contributed by atoms with E-state index in [1.165, 1.54) is 14.0 Å². The van der Waals surface area contributed by atoms with Crippen LogP contribution in [0.5, 0.6) is 0 Å². The van der Waals surface area contributed by atoms with Crippen molar-refractivity contribution in [3.05, 3.63) is 22.0 Å². The van der Waals surface area contributed by atoms with Gasteiger partial charge in [-0.15, -0.1) is 11.3 Å². The van der Waals surface area contributed by atoms with E-state index in [1.807, 2.05) is 0 Å². The molecule has 2 aromatic rings. The van der Waals surface area contributed by atoms with Gasteiger partial charge in [0.2, 0.25) is 0 Å². The fraction of sp³-hybridized carbons (Fsp3) is 0.417. The Kier molecular flexibility index (Phi) is 4.52. The molecule has 0 fully saturated rings. The van der Waals surface area contributed by atoms with Crippen molar-refractivity contribution in [2.75, 3.05) is 11.8 Å². The van der Waals surface area contributed by atoms with Crippen molar-refractivity contribution >= 4 is 32.5 Å². The third-order valence-corrected chi connectivity index (χ3v) is 5.67. The first kappa shape index (κ1) is 16.4. The highest BCUT2D eigenvalue weighted by Gasteiger charge is 2.25. The van der Waals surface area contributed by atoms with Crippen LogP contribution in [0.15, 0.2) is 9.42 Å². The zero-order valence-corrected chi connectivity index (χ0v) is 14.1. The second kappa shape index (κ2) is 6.05. The topological polar surface area (TPSA) is 111 Å². The van der Waals surface area contributed by atoms with Gasteiger partial charge >= 0.3 is 5.97 Å². The molecule has 0 unspecified atom stereocenters. The minimum atomic E-state index is -3.84. The molecule has 2 aromatic heterocycles. The normalized spacial score (nSPS) is 11.5. The van der Waals surface area contributed by atoms with Gasteiger partial charge in [0.1, 0.15) is 5.69 Å². The number of aryl methyl sites for hydroxylation is 3. The van der Waals surface area contributed by atoms with Gasteiger partial charge < -0.3 is 9.26 Å². The van der Waals surface area contributed by atoms with Crippen molar-refractivity contribution < 1.29 is 22.5 Å². The van der Waals surface area contributed by atoms with E-state index in [9.17, 15) is 13.2 Å². The number of carbonyl (C=O) groups excluding carboxylic acids is 1. The van der Waals surface area contributed by atoms with Crippen molar-refractivity contribution in [2.45, 2.75) is 32.1 Å². The summed E-state index contributed by atoms with van der Waals surface area (Å²) in [5.74, 6) is -0.208. The number of anilines is 1. The van der Waals surface area contributed by atoms with E-state index in [-0.39, 0.29) is 27.9 Å². The van der Waals surface area contributed by atoms with Crippen LogP contribution < -0.4 is 4.72 Å². The molecule has 0 aromatic carbocycles. The van der Waals surface area contributed by atoms with Gasteiger partial charge in [0.15, 0.2) is 15.8 Å². The predicted octanol–water partition coefficient (Wildman–Crippen LogP) is 1.57. The van der Waals surface area contributed by atoms with E-state index in [0.29, 0.717) is 10.6 Å². The molecule has 0 saturated heterocycles. The molecule has 2 rings (SSSR count). The Bertz CT molecular complexity index is 787. The number of esters is 1. The number of aromatic nitrogens is 2. The molecule has 0 amide bonds. The van der Waals surface area contributed by atoms with Crippen LogP contribution >= 0.6 is 11.3 Å². The number of rotatable bonds is 5. The second-order valence-corrected chi connectivity index (χ2v) is 7.24. The van der Waals surface area contributed by atoms with Crippen molar-refractivity contribution in [1.29, 1.82) is 0 Å². The maximum absolute atomic E-state index is 12.4. The van der Waals surface area contributed by atoms with Crippen molar-refractivity contribution in [3.8, 4) is 0 Å². The van der Waals surface area contributed by atoms with Crippen LogP contribution in [0.1, 0.15) is 22.0 Å². The Morgan fingerprint density at radius 1 is 1.32 bits per heavy atom. The Balaban J connectivity index is 2.28. The quantitative estimate of drug-likeness (QED) is 0.819. The molecule has 0 aliphatic carbocycles. The molecule has 1 N–H and O–H groups in total. The molecule has 120 valence electrons. The fourth-order valence-corrected chi connectivity index (χ4v) is 4.38. The zero-order valence-electron chi connectivity index (χ0n) is 12.5. The van der Waals surface area contributed by atoms with E-state index >= 15 is 0 Å². The van der Waals surface area contributed by atoms with Crippen LogP contribution in [-0.4, -0.2) is 31.6 Å². The lowest BCUT2D eigenvalue weighted by atomic mass is 10.3. The summed E-state index contributed by atoms with van der Waals surface area (Å²) in [5.41, 5.74) is 0.847. The average Bonchev–Trinajstić information content (AvgIpc) is 2.92. The van der Waals surface area contributed by atoms with Crippen LogP contribution in [-0.2, 0) is 26.0 Å². The maximum Gasteiger partial charge on any atom is 0.310 e. The van der Waals surface area contributed by atoms with Crippen molar-refractivity contribution in [2.24, 2.45) is 0 Å². The maximum atomic E-state index is 12.4. The van der Waals surface area contributed by atoms with Crippen LogP contribution in [0.4, 0.5) is 5.13 Å². The van der Waals surface area contributed by atoms with E-state index < -0.39 is 16.0 Å². The smallest absolute Gasteiger partial charge is 0.310 e. The largest absolute Gasteiger partial charge is 0.469 e. The van der Waals surface area contributed by atoms with Gasteiger partial charge in [0.05, 0.1) is 19.2 Å². The number of nitrogens with one attached hydrogen (secondary N) is 1. The number of hydrogen-bond acceptors (Lipinski definition) is 8. The lowest BCUT2D eigenvalue weighted by Crippen LogP contribution is -2.14. The average molecular weight is 345 g/mol. The highest BCUT2D eigenvalue weighted by molar-refractivity contribution is 7.93. The molecule has 0 saturated carbocycles. The standard InChI is InChI=1S/C12H15N3O5S2/c1-6-9(5-10(16)19-4)21-12(13-6)15-22(17,18)11-7(2)14-20-8(11)3/h5H2,1-4H3,(H,13,15). The summed E-state index contributed by atoms with van der Waals surface area (Å²) in [6.45, 7) is 4.76. The Morgan fingerprint density at radius 2 is 2.00 bits per heavy atom. The zero-order chi connectivity index (χ0) is 16.5. The first-order valence-corrected chi connectivity index (χ1v) is 8.53. The highest BCUT2D eigenvalue weighted by atomic mass is 32.2. The lowest BCUT2D eigenvalue weighted by molar-refractivity contribution is -0.139. The van der Waals surface area contributed by atoms with Gasteiger partial charge in [-0.05, 0) is 20.8 Å². The minimum Gasteiger partial charge on any atom is -0.469 e. The van der Waals surface area contributed by atoms with Gasteiger partial charge in [-0.3, -0.25) is 9.52 Å². The Labute approximate surface area is 131 Å². The summed E-state index contributed by atoms with van der Waals surface area (Å²) in [4.78, 5) is 16.1. The van der Waals surface area contributed by atoms with Crippen LogP contribution in [0.3, 0.4) is 0 Å². The molecule has 2 heterocycles. The molecule has 8 nitrogen and oxygen atoms in total. The van der Waals surface area contributed by atoms with E-state index in [4.69, 9.17) is 4.52 Å². The van der Waals surface area contributed by atoms with Gasteiger partial charge in [-0.25, -0.2) is 13.4 Å². The first-order chi connectivity index (χ1) is 10.2. The van der Waals surface area contributed by atoms with Crippen molar-refractivity contribution in [1.82, 2.24) is 10.1 Å². The van der Waals surface area contributed by atoms with E-state index in [0.717, 1.165) is 11.3 Å². The highest BCUT2D eigenvalue weighted by Crippen LogP contribution is 2.27. The molecule has 0 spiro atoms. The number of nitrogens with zero attached hydrogens (tertiary/aromatic N) is 2. The number of ether oxygens (including phenoxy) is 1. The molecule has 0 aliphatic heterocycles. The van der Waals surface area contributed by atoms with Crippen LogP contribution in [0, 0.1) is 20.8 Å². The van der Waals surface area contributed by atoms with Gasteiger partial charge in [-0.1, -0.05) is 5.16 Å². The van der Waals surface area contributed by atoms with E-state index in [1.54, 1.807) is 13.8 Å². The summed E-state index contributed by atoms with van der Waals surface area (Å²) in [7, 11) is -2.55. The summed E-state index contributed by atoms with van der Waals surface area (Å²) in [5, 5.41) is 3.80. The minimum absolute atomic E-state index is 0.00475. The fourth-order valence-electron chi connectivity index (χ4n) is 1.86. The van der Waals surface area contributed by atoms with Gasteiger partial charge in [0.25, 0.3) is 10.0 Å². The summed E-state index contributed by atoms with van der Waals surface area (Å²) in [6.07, 6.45) is 0.0487. The predicted molar refractivity (Wildman–Crippen MR) is 79.4 cm³/mol. The Morgan fingerprint density at radius 3 is 2.55 bits per heavy atom. The molecule has 0 bridgehead atoms. The summed E-state index contributed by atoms with van der Waals surface area (Å²) < 4.78 is 36.6. The van der Waals surface area contributed by atoms with Gasteiger partial charge in [0, 0.05) is 4.88 Å². The number of sulfonamides is 1. The molecule has 0 aliphatic rings. The van der Waals surface area contributed by atoms with Crippen molar-refractivity contribution in [3.63, 3.8) is 0 Å². The summed E-state index contributed by atoms with van der Waals surface area (Å²) >= 11 is 1.09. The molecular weight excluding hydrogens is 330 g/mol. The number of methoxy groups -OCH3 is 1. The molecular formula is C12H15N3O5S2. The van der Waals surface area contributed by atoms with Crippen LogP contribution in [0.2, 0.25) is 0 Å². The molecule has 0 atom stereocenters. The lowest BCUT2D eigenvalue weighted by Gasteiger charge is -2.03. The number of thiazole rings is 1. The third kappa shape index (κ3) is 3.28. The Hall–Kier alpha value is -1.94. The molecule has 10 heteroatoms. The monoisotopic (exact) mass is 345 g/mol. The SMILES string of the molecule is COC(=O)Cc1sc(NS(=O)(=O)c2c(C)noc2C)nc1C. The first-order valence-electron chi connectivity index (χ1n) is 6.23. The van der Waals surface area contributed by atoms with Crippen LogP contribution in [0.25, 0.3) is 0 Å². The summed E-state index contributed by atoms with van der Waals surface area (Å²) in [6, 6.07) is 0. The number of hydrogen-bond donors (Lipinski definition) is 1. The van der Waals surface area contributed by atoms with Gasteiger partial charge in [-0.2, -0.15) is 0 Å².